The fourth-order valence-corrected chi connectivity index (χ4v) is 3.06. The van der Waals surface area contributed by atoms with Crippen molar-refractivity contribution in [3.63, 3.8) is 0 Å². The van der Waals surface area contributed by atoms with Crippen molar-refractivity contribution in [1.29, 1.82) is 0 Å². The van der Waals surface area contributed by atoms with Gasteiger partial charge in [0, 0.05) is 50.4 Å². The third kappa shape index (κ3) is 4.67. The highest BCUT2D eigenvalue weighted by atomic mass is 16.6. The number of non-ortho nitro benzene ring substituents is 1. The fraction of sp³-hybridized carbons (Fsp3) is 0.350. The van der Waals surface area contributed by atoms with E-state index in [0.717, 1.165) is 44.0 Å². The van der Waals surface area contributed by atoms with Gasteiger partial charge < -0.3 is 0 Å². The molecule has 136 valence electrons. The Hall–Kier alpha value is -2.73. The Morgan fingerprint density at radius 2 is 1.81 bits per heavy atom. The van der Waals surface area contributed by atoms with Crippen LogP contribution in [0.25, 0.3) is 0 Å². The number of nitro groups is 1. The fourth-order valence-electron chi connectivity index (χ4n) is 3.06. The summed E-state index contributed by atoms with van der Waals surface area (Å²) in [6.45, 7) is 8.60. The van der Waals surface area contributed by atoms with Gasteiger partial charge in [-0.25, -0.2) is 0 Å². The van der Waals surface area contributed by atoms with Crippen molar-refractivity contribution in [3.8, 4) is 0 Å². The van der Waals surface area contributed by atoms with E-state index in [2.05, 4.69) is 46.2 Å². The molecule has 0 N–H and O–H groups in total. The maximum Gasteiger partial charge on any atom is 0.270 e. The molecule has 0 saturated carbocycles. The first kappa shape index (κ1) is 18.1. The first-order chi connectivity index (χ1) is 12.5. The van der Waals surface area contributed by atoms with Gasteiger partial charge in [0.05, 0.1) is 10.6 Å². The largest absolute Gasteiger partial charge is 0.295 e. The number of hydrogen-bond acceptors (Lipinski definition) is 5. The van der Waals surface area contributed by atoms with E-state index in [0.29, 0.717) is 0 Å². The summed E-state index contributed by atoms with van der Waals surface area (Å²) in [6, 6.07) is 15.3. The Bertz CT molecular complexity index is 794. The minimum atomic E-state index is -0.374. The van der Waals surface area contributed by atoms with Crippen molar-refractivity contribution in [2.45, 2.75) is 20.4 Å². The van der Waals surface area contributed by atoms with E-state index in [1.807, 2.05) is 13.0 Å². The summed E-state index contributed by atoms with van der Waals surface area (Å²) in [5.74, 6) is 0. The van der Waals surface area contributed by atoms with Gasteiger partial charge >= 0.3 is 0 Å². The second kappa shape index (κ2) is 8.10. The molecule has 0 bridgehead atoms. The van der Waals surface area contributed by atoms with Crippen LogP contribution in [0.4, 0.5) is 5.69 Å². The Labute approximate surface area is 153 Å². The zero-order valence-electron chi connectivity index (χ0n) is 15.3. The van der Waals surface area contributed by atoms with Crippen LogP contribution in [-0.2, 0) is 6.54 Å². The topological polar surface area (TPSA) is 62.0 Å². The van der Waals surface area contributed by atoms with Crippen molar-refractivity contribution in [2.75, 3.05) is 26.2 Å². The molecule has 2 aromatic carbocycles. The molecule has 0 amide bonds. The summed E-state index contributed by atoms with van der Waals surface area (Å²) in [6.07, 6.45) is 0. The van der Waals surface area contributed by atoms with E-state index in [-0.39, 0.29) is 10.6 Å². The van der Waals surface area contributed by atoms with E-state index in [1.165, 1.54) is 17.2 Å². The molecule has 1 heterocycles. The van der Waals surface area contributed by atoms with Crippen LogP contribution in [0.3, 0.4) is 0 Å². The number of aryl methyl sites for hydroxylation is 1. The van der Waals surface area contributed by atoms with Crippen molar-refractivity contribution in [1.82, 2.24) is 9.91 Å². The average Bonchev–Trinajstić information content (AvgIpc) is 2.65. The zero-order valence-corrected chi connectivity index (χ0v) is 15.3. The predicted molar refractivity (Wildman–Crippen MR) is 103 cm³/mol. The molecule has 1 fully saturated rings. The maximum absolute atomic E-state index is 10.9. The van der Waals surface area contributed by atoms with Gasteiger partial charge in [-0.3, -0.25) is 20.0 Å². The van der Waals surface area contributed by atoms with Gasteiger partial charge in [0.25, 0.3) is 5.69 Å². The molecule has 26 heavy (non-hydrogen) atoms. The third-order valence-corrected chi connectivity index (χ3v) is 4.64. The van der Waals surface area contributed by atoms with Gasteiger partial charge in [-0.2, -0.15) is 5.10 Å². The average molecular weight is 352 g/mol. The molecule has 0 radical (unpaired) electrons. The standard InChI is InChI=1S/C20H24N4O2/c1-16-6-8-18(9-7-16)15-22-10-12-23(13-11-22)21-17(2)19-4-3-5-20(14-19)24(25)26/h3-9,14H,10-13,15H2,1-2H3/b21-17+. The molecule has 0 aromatic heterocycles. The van der Waals surface area contributed by atoms with Crippen molar-refractivity contribution >= 4 is 11.4 Å². The van der Waals surface area contributed by atoms with Crippen LogP contribution in [0.1, 0.15) is 23.6 Å². The van der Waals surface area contributed by atoms with Gasteiger partial charge in [-0.1, -0.05) is 42.0 Å². The predicted octanol–water partition coefficient (Wildman–Crippen LogP) is 3.45. The molecule has 1 saturated heterocycles. The van der Waals surface area contributed by atoms with Crippen LogP contribution in [0, 0.1) is 17.0 Å². The van der Waals surface area contributed by atoms with E-state index < -0.39 is 0 Å². The van der Waals surface area contributed by atoms with Crippen molar-refractivity contribution in [3.05, 3.63) is 75.3 Å². The Morgan fingerprint density at radius 1 is 1.12 bits per heavy atom. The summed E-state index contributed by atoms with van der Waals surface area (Å²) in [7, 11) is 0. The van der Waals surface area contributed by atoms with Gasteiger partial charge in [0.15, 0.2) is 0 Å². The number of hydrogen-bond donors (Lipinski definition) is 0. The van der Waals surface area contributed by atoms with Crippen LogP contribution >= 0.6 is 0 Å². The molecular formula is C20H24N4O2. The molecule has 0 unspecified atom stereocenters. The molecule has 0 spiro atoms. The molecule has 6 heteroatoms. The number of nitro benzene ring substituents is 1. The Morgan fingerprint density at radius 3 is 2.46 bits per heavy atom. The number of nitrogens with zero attached hydrogens (tertiary/aromatic N) is 4. The van der Waals surface area contributed by atoms with Gasteiger partial charge in [0.2, 0.25) is 0 Å². The lowest BCUT2D eigenvalue weighted by Gasteiger charge is -2.33. The lowest BCUT2D eigenvalue weighted by atomic mass is 10.1. The van der Waals surface area contributed by atoms with Crippen LogP contribution < -0.4 is 0 Å². The Kier molecular flexibility index (Phi) is 5.63. The molecule has 2 aromatic rings. The second-order valence-electron chi connectivity index (χ2n) is 6.71. The van der Waals surface area contributed by atoms with Crippen molar-refractivity contribution < 1.29 is 4.92 Å². The first-order valence-electron chi connectivity index (χ1n) is 8.84. The lowest BCUT2D eigenvalue weighted by molar-refractivity contribution is -0.384. The van der Waals surface area contributed by atoms with Gasteiger partial charge in [-0.15, -0.1) is 0 Å². The normalized spacial score (nSPS) is 15.9. The molecule has 6 nitrogen and oxygen atoms in total. The van der Waals surface area contributed by atoms with E-state index in [4.69, 9.17) is 0 Å². The molecule has 0 atom stereocenters. The van der Waals surface area contributed by atoms with E-state index in [9.17, 15) is 10.1 Å². The van der Waals surface area contributed by atoms with E-state index >= 15 is 0 Å². The Balaban J connectivity index is 1.57. The van der Waals surface area contributed by atoms with Gasteiger partial charge in [0.1, 0.15) is 0 Å². The van der Waals surface area contributed by atoms with Crippen LogP contribution in [0.2, 0.25) is 0 Å². The number of rotatable bonds is 5. The highest BCUT2D eigenvalue weighted by molar-refractivity contribution is 5.99. The smallest absolute Gasteiger partial charge is 0.270 e. The summed E-state index contributed by atoms with van der Waals surface area (Å²) in [5, 5.41) is 17.6. The zero-order chi connectivity index (χ0) is 18.5. The lowest BCUT2D eigenvalue weighted by Crippen LogP contribution is -2.43. The number of benzene rings is 2. The molecule has 1 aliphatic heterocycles. The molecule has 1 aliphatic rings. The summed E-state index contributed by atoms with van der Waals surface area (Å²) < 4.78 is 0. The summed E-state index contributed by atoms with van der Waals surface area (Å²) in [5.41, 5.74) is 4.31. The second-order valence-corrected chi connectivity index (χ2v) is 6.71. The quantitative estimate of drug-likeness (QED) is 0.470. The SMILES string of the molecule is C/C(=N\N1CCN(Cc2ccc(C)cc2)CC1)c1cccc([N+](=O)[O-])c1. The molecule has 3 rings (SSSR count). The minimum Gasteiger partial charge on any atom is -0.295 e. The monoisotopic (exact) mass is 352 g/mol. The molecule has 0 aliphatic carbocycles. The highest BCUT2D eigenvalue weighted by Gasteiger charge is 2.16. The van der Waals surface area contributed by atoms with Crippen molar-refractivity contribution in [2.24, 2.45) is 5.10 Å². The first-order valence-corrected chi connectivity index (χ1v) is 8.84. The van der Waals surface area contributed by atoms with Crippen LogP contribution in [-0.4, -0.2) is 46.7 Å². The maximum atomic E-state index is 10.9. The third-order valence-electron chi connectivity index (χ3n) is 4.64. The number of hydrazone groups is 1. The highest BCUT2D eigenvalue weighted by Crippen LogP contribution is 2.15. The van der Waals surface area contributed by atoms with E-state index in [1.54, 1.807) is 12.1 Å². The van der Waals surface area contributed by atoms with Gasteiger partial charge in [-0.05, 0) is 19.4 Å². The summed E-state index contributed by atoms with van der Waals surface area (Å²) in [4.78, 5) is 13.0. The number of piperazine rings is 1. The minimum absolute atomic E-state index is 0.0972. The van der Waals surface area contributed by atoms with Crippen LogP contribution in [0.15, 0.2) is 53.6 Å². The van der Waals surface area contributed by atoms with Crippen LogP contribution in [0.5, 0.6) is 0 Å². The summed E-state index contributed by atoms with van der Waals surface area (Å²) >= 11 is 0. The molecular weight excluding hydrogens is 328 g/mol.